The van der Waals surface area contributed by atoms with Gasteiger partial charge in [0.05, 0.1) is 12.6 Å². The van der Waals surface area contributed by atoms with E-state index in [2.05, 4.69) is 20.1 Å². The first-order chi connectivity index (χ1) is 11.7. The second kappa shape index (κ2) is 8.67. The van der Waals surface area contributed by atoms with Gasteiger partial charge in [0.25, 0.3) is 6.04 Å². The van der Waals surface area contributed by atoms with Gasteiger partial charge in [-0.05, 0) is 44.0 Å². The summed E-state index contributed by atoms with van der Waals surface area (Å²) in [5, 5.41) is 18.8. The molecule has 13 heteroatoms. The van der Waals surface area contributed by atoms with Crippen molar-refractivity contribution in [2.45, 2.75) is 57.2 Å². The molecule has 5 atom stereocenters. The van der Waals surface area contributed by atoms with Gasteiger partial charge in [-0.25, -0.2) is 0 Å². The fourth-order valence-corrected chi connectivity index (χ4v) is 3.97. The molecule has 0 heterocycles. The number of nitro groups is 1. The Morgan fingerprint density at radius 1 is 1.32 bits per heavy atom. The van der Waals surface area contributed by atoms with Crippen molar-refractivity contribution in [3.8, 4) is 0 Å². The number of ether oxygens (including phenoxy) is 1. The number of carbonyl (C=O) groups excluding carboxylic acids is 1. The highest BCUT2D eigenvalue weighted by Gasteiger charge is 2.55. The highest BCUT2D eigenvalue weighted by molar-refractivity contribution is 6.69. The first kappa shape index (κ1) is 20.7. The van der Waals surface area contributed by atoms with Gasteiger partial charge >= 0.3 is 5.97 Å². The molecule has 0 N–H and O–H groups in total. The van der Waals surface area contributed by atoms with Crippen molar-refractivity contribution in [2.75, 3.05) is 6.61 Å². The van der Waals surface area contributed by atoms with Crippen LogP contribution in [0.5, 0.6) is 0 Å². The van der Waals surface area contributed by atoms with E-state index in [0.29, 0.717) is 0 Å². The molecule has 0 aromatic rings. The van der Waals surface area contributed by atoms with Gasteiger partial charge in [0.1, 0.15) is 12.0 Å². The van der Waals surface area contributed by atoms with Crippen LogP contribution in [0.25, 0.3) is 20.9 Å². The lowest BCUT2D eigenvalue weighted by Gasteiger charge is -2.40. The Kier molecular flexibility index (Phi) is 7.18. The second-order valence-corrected chi connectivity index (χ2v) is 11.0. The van der Waals surface area contributed by atoms with Crippen molar-refractivity contribution < 1.29 is 18.9 Å². The topological polar surface area (TPSA) is 176 Å². The summed E-state index contributed by atoms with van der Waals surface area (Å²) in [5.41, 5.74) is 17.6. The largest absolute Gasteiger partial charge is 0.466 e. The molecule has 0 aliphatic heterocycles. The van der Waals surface area contributed by atoms with Gasteiger partial charge in [0.15, 0.2) is 8.32 Å². The fraction of sp³-hybridized carbons (Fsp3) is 0.917. The Hall–Kier alpha value is -2.33. The van der Waals surface area contributed by atoms with E-state index in [1.54, 1.807) is 6.92 Å². The highest BCUT2D eigenvalue weighted by atomic mass is 28.4. The molecule has 138 valence electrons. The van der Waals surface area contributed by atoms with Gasteiger partial charge in [-0.1, -0.05) is 10.2 Å². The van der Waals surface area contributed by atoms with Crippen LogP contribution in [0.15, 0.2) is 10.2 Å². The van der Waals surface area contributed by atoms with E-state index in [1.807, 2.05) is 19.6 Å². The third-order valence-electron chi connectivity index (χ3n) is 3.68. The number of esters is 1. The van der Waals surface area contributed by atoms with Gasteiger partial charge < -0.3 is 9.16 Å². The van der Waals surface area contributed by atoms with Crippen molar-refractivity contribution in [3.63, 3.8) is 0 Å². The summed E-state index contributed by atoms with van der Waals surface area (Å²) in [6.45, 7) is 7.09. The molecular weight excluding hydrogens is 350 g/mol. The third-order valence-corrected chi connectivity index (χ3v) is 4.66. The molecule has 0 bridgehead atoms. The molecule has 0 unspecified atom stereocenters. The molecule has 1 saturated carbocycles. The summed E-state index contributed by atoms with van der Waals surface area (Å²) in [5.74, 6) is -1.91. The van der Waals surface area contributed by atoms with Crippen LogP contribution in [-0.2, 0) is 14.0 Å². The SMILES string of the molecule is CCOC(=O)[C@H]1C[C@H](N=[N+]=[N-])[C@@H](N=[N+]=[N-])[C@H](O[Si](C)(C)C)[C@@H]1[N+](=O)[O-]. The van der Waals surface area contributed by atoms with Crippen LogP contribution in [-0.4, -0.2) is 50.0 Å². The van der Waals surface area contributed by atoms with Crippen LogP contribution in [0.1, 0.15) is 13.3 Å². The van der Waals surface area contributed by atoms with E-state index in [0.717, 1.165) is 0 Å². The van der Waals surface area contributed by atoms with Gasteiger partial charge in [0, 0.05) is 20.8 Å². The number of rotatable bonds is 7. The van der Waals surface area contributed by atoms with Crippen LogP contribution in [0.3, 0.4) is 0 Å². The average molecular weight is 371 g/mol. The standard InChI is InChI=1S/C12H21N7O5Si/c1-5-23-12(20)7-6-8(15-17-13)9(16-18-14)11(10(7)19(21)22)24-25(2,3)4/h7-11H,5-6H2,1-4H3/t7-,8-,9+,10+,11-/m0/s1. The molecule has 25 heavy (non-hydrogen) atoms. The number of hydrogen-bond acceptors (Lipinski definition) is 7. The molecule has 0 spiro atoms. The van der Waals surface area contributed by atoms with E-state index in [9.17, 15) is 14.9 Å². The van der Waals surface area contributed by atoms with Gasteiger partial charge in [-0.3, -0.25) is 14.9 Å². The minimum Gasteiger partial charge on any atom is -0.466 e. The van der Waals surface area contributed by atoms with E-state index in [4.69, 9.17) is 20.2 Å². The Morgan fingerprint density at radius 2 is 1.92 bits per heavy atom. The van der Waals surface area contributed by atoms with E-state index < -0.39 is 49.4 Å². The number of azide groups is 2. The minimum atomic E-state index is -2.31. The fourth-order valence-electron chi connectivity index (χ4n) is 2.87. The van der Waals surface area contributed by atoms with Crippen molar-refractivity contribution >= 4 is 14.3 Å². The van der Waals surface area contributed by atoms with Crippen LogP contribution < -0.4 is 0 Å². The van der Waals surface area contributed by atoms with Crippen molar-refractivity contribution in [1.82, 2.24) is 0 Å². The summed E-state index contributed by atoms with van der Waals surface area (Å²) in [6.07, 6.45) is -1.33. The van der Waals surface area contributed by atoms with Gasteiger partial charge in [-0.15, -0.1) is 0 Å². The summed E-state index contributed by atoms with van der Waals surface area (Å²) in [7, 11) is -2.31. The molecule has 1 rings (SSSR count). The Bertz CT molecular complexity index is 611. The van der Waals surface area contributed by atoms with Crippen molar-refractivity contribution in [2.24, 2.45) is 16.1 Å². The van der Waals surface area contributed by atoms with E-state index in [-0.39, 0.29) is 13.0 Å². The molecule has 1 fully saturated rings. The molecule has 0 radical (unpaired) electrons. The van der Waals surface area contributed by atoms with Crippen molar-refractivity contribution in [3.05, 3.63) is 31.0 Å². The molecule has 0 aromatic heterocycles. The zero-order valence-electron chi connectivity index (χ0n) is 14.5. The number of hydrogen-bond donors (Lipinski definition) is 0. The van der Waals surface area contributed by atoms with Gasteiger partial charge in [-0.2, -0.15) is 0 Å². The first-order valence-electron chi connectivity index (χ1n) is 7.72. The monoisotopic (exact) mass is 371 g/mol. The molecule has 0 aromatic carbocycles. The summed E-state index contributed by atoms with van der Waals surface area (Å²) >= 11 is 0. The van der Waals surface area contributed by atoms with Crippen LogP contribution in [0.4, 0.5) is 0 Å². The Morgan fingerprint density at radius 3 is 2.36 bits per heavy atom. The van der Waals surface area contributed by atoms with E-state index >= 15 is 0 Å². The molecule has 12 nitrogen and oxygen atoms in total. The predicted molar refractivity (Wildman–Crippen MR) is 89.6 cm³/mol. The summed E-state index contributed by atoms with van der Waals surface area (Å²) in [4.78, 5) is 28.7. The molecule has 0 amide bonds. The Labute approximate surface area is 145 Å². The lowest BCUT2D eigenvalue weighted by atomic mass is 9.77. The maximum Gasteiger partial charge on any atom is 0.316 e. The normalized spacial score (nSPS) is 29.0. The second-order valence-electron chi connectivity index (χ2n) is 6.53. The lowest BCUT2D eigenvalue weighted by Crippen LogP contribution is -2.60. The third kappa shape index (κ3) is 5.33. The maximum atomic E-state index is 12.2. The molecular formula is C12H21N7O5Si. The Balaban J connectivity index is 3.44. The van der Waals surface area contributed by atoms with Crippen LogP contribution >= 0.6 is 0 Å². The highest BCUT2D eigenvalue weighted by Crippen LogP contribution is 2.35. The number of carbonyl (C=O) groups is 1. The van der Waals surface area contributed by atoms with Crippen LogP contribution in [0, 0.1) is 16.0 Å². The number of nitrogens with zero attached hydrogens (tertiary/aromatic N) is 7. The molecule has 1 aliphatic rings. The maximum absolute atomic E-state index is 12.2. The lowest BCUT2D eigenvalue weighted by molar-refractivity contribution is -0.544. The smallest absolute Gasteiger partial charge is 0.316 e. The van der Waals surface area contributed by atoms with Crippen molar-refractivity contribution in [1.29, 1.82) is 0 Å². The average Bonchev–Trinajstić information content (AvgIpc) is 2.48. The van der Waals surface area contributed by atoms with E-state index in [1.165, 1.54) is 0 Å². The van der Waals surface area contributed by atoms with Crippen LogP contribution in [0.2, 0.25) is 19.6 Å². The summed E-state index contributed by atoms with van der Waals surface area (Å²) < 4.78 is 10.8. The summed E-state index contributed by atoms with van der Waals surface area (Å²) in [6, 6.07) is -3.46. The minimum absolute atomic E-state index is 0.0608. The predicted octanol–water partition coefficient (Wildman–Crippen LogP) is 2.79. The quantitative estimate of drug-likeness (QED) is 0.127. The van der Waals surface area contributed by atoms with Gasteiger partial charge in [0.2, 0.25) is 0 Å². The molecule has 1 aliphatic carbocycles. The zero-order chi connectivity index (χ0) is 19.2. The molecule has 0 saturated heterocycles. The first-order valence-corrected chi connectivity index (χ1v) is 11.1. The zero-order valence-corrected chi connectivity index (χ0v) is 15.5.